The molecule has 0 amide bonds. The Morgan fingerprint density at radius 2 is 2.29 bits per heavy atom. The number of carbonyl (C=O) groups is 1. The second kappa shape index (κ2) is 2.54. The average molecular weight is 185 g/mol. The fourth-order valence-corrected chi connectivity index (χ4v) is 1.70. The topological polar surface area (TPSA) is 39.2 Å². The van der Waals surface area contributed by atoms with Gasteiger partial charge in [-0.2, -0.15) is 0 Å². The van der Waals surface area contributed by atoms with E-state index >= 15 is 0 Å². The predicted octanol–water partition coefficient (Wildman–Crippen LogP) is 1.91. The lowest BCUT2D eigenvalue weighted by Gasteiger charge is -1.98. The van der Waals surface area contributed by atoms with Gasteiger partial charge in [-0.3, -0.25) is 4.98 Å². The van der Waals surface area contributed by atoms with E-state index in [-0.39, 0.29) is 5.97 Å². The Bertz CT molecular complexity index is 534. The van der Waals surface area contributed by atoms with E-state index < -0.39 is 0 Å². The first-order valence-electron chi connectivity index (χ1n) is 4.39. The summed E-state index contributed by atoms with van der Waals surface area (Å²) in [5.74, 6) is -0.243. The first kappa shape index (κ1) is 7.50. The smallest absolute Gasteiger partial charge is 0.338 e. The van der Waals surface area contributed by atoms with Crippen LogP contribution in [-0.4, -0.2) is 11.0 Å². The number of fused-ring (bicyclic) bond motifs is 2. The molecule has 68 valence electrons. The monoisotopic (exact) mass is 185 g/mol. The van der Waals surface area contributed by atoms with Crippen LogP contribution >= 0.6 is 0 Å². The molecular weight excluding hydrogens is 178 g/mol. The highest BCUT2D eigenvalue weighted by Gasteiger charge is 2.21. The fraction of sp³-hybridized carbons (Fsp3) is 0.0909. The minimum absolute atomic E-state index is 0.243. The summed E-state index contributed by atoms with van der Waals surface area (Å²) < 4.78 is 4.93. The van der Waals surface area contributed by atoms with Gasteiger partial charge in [-0.25, -0.2) is 4.79 Å². The summed E-state index contributed by atoms with van der Waals surface area (Å²) in [6.45, 7) is 0.388. The van der Waals surface area contributed by atoms with Gasteiger partial charge >= 0.3 is 5.97 Å². The molecule has 0 atom stereocenters. The zero-order chi connectivity index (χ0) is 9.54. The van der Waals surface area contributed by atoms with Crippen LogP contribution < -0.4 is 0 Å². The second-order valence-corrected chi connectivity index (χ2v) is 3.28. The van der Waals surface area contributed by atoms with E-state index in [1.54, 1.807) is 12.3 Å². The number of cyclic esters (lactones) is 1. The summed E-state index contributed by atoms with van der Waals surface area (Å²) in [5.41, 5.74) is 2.44. The molecule has 0 unspecified atom stereocenters. The summed E-state index contributed by atoms with van der Waals surface area (Å²) >= 11 is 0. The molecule has 3 rings (SSSR count). The van der Waals surface area contributed by atoms with Gasteiger partial charge in [-0.1, -0.05) is 6.07 Å². The van der Waals surface area contributed by atoms with Crippen LogP contribution in [0.25, 0.3) is 10.9 Å². The van der Waals surface area contributed by atoms with Crippen molar-refractivity contribution in [1.29, 1.82) is 0 Å². The third-order valence-electron chi connectivity index (χ3n) is 2.41. The molecule has 3 nitrogen and oxygen atoms in total. The van der Waals surface area contributed by atoms with Gasteiger partial charge in [0.15, 0.2) is 0 Å². The number of ether oxygens (including phenoxy) is 1. The quantitative estimate of drug-likeness (QED) is 0.588. The Hall–Kier alpha value is -1.90. The van der Waals surface area contributed by atoms with Gasteiger partial charge in [0.05, 0.1) is 11.1 Å². The van der Waals surface area contributed by atoms with Gasteiger partial charge in [-0.15, -0.1) is 0 Å². The lowest BCUT2D eigenvalue weighted by atomic mass is 10.1. The molecule has 0 N–H and O–H groups in total. The molecule has 0 spiro atoms. The van der Waals surface area contributed by atoms with Gasteiger partial charge in [0.2, 0.25) is 0 Å². The van der Waals surface area contributed by atoms with Crippen molar-refractivity contribution in [2.75, 3.05) is 0 Å². The minimum atomic E-state index is -0.243. The maximum absolute atomic E-state index is 11.3. The molecule has 0 fully saturated rings. The molecule has 0 aliphatic carbocycles. The Morgan fingerprint density at radius 3 is 3.21 bits per heavy atom. The number of rotatable bonds is 0. The zero-order valence-electron chi connectivity index (χ0n) is 7.36. The maximum atomic E-state index is 11.3. The van der Waals surface area contributed by atoms with Crippen molar-refractivity contribution in [3.05, 3.63) is 41.6 Å². The Kier molecular flexibility index (Phi) is 1.36. The van der Waals surface area contributed by atoms with Gasteiger partial charge in [-0.05, 0) is 18.2 Å². The predicted molar refractivity (Wildman–Crippen MR) is 50.9 cm³/mol. The third kappa shape index (κ3) is 0.923. The van der Waals surface area contributed by atoms with Crippen molar-refractivity contribution >= 4 is 16.9 Å². The van der Waals surface area contributed by atoms with Gasteiger partial charge in [0, 0.05) is 17.1 Å². The molecule has 3 heteroatoms. The van der Waals surface area contributed by atoms with E-state index in [0.717, 1.165) is 16.5 Å². The van der Waals surface area contributed by atoms with Crippen LogP contribution in [-0.2, 0) is 11.3 Å². The SMILES string of the molecule is O=C1OCc2cc3cccnc3cc21. The van der Waals surface area contributed by atoms with Crippen LogP contribution in [0.4, 0.5) is 0 Å². The van der Waals surface area contributed by atoms with E-state index in [4.69, 9.17) is 4.74 Å². The van der Waals surface area contributed by atoms with Crippen molar-refractivity contribution in [2.24, 2.45) is 0 Å². The maximum Gasteiger partial charge on any atom is 0.338 e. The van der Waals surface area contributed by atoms with Crippen molar-refractivity contribution in [1.82, 2.24) is 4.98 Å². The number of hydrogen-bond donors (Lipinski definition) is 0. The first-order valence-corrected chi connectivity index (χ1v) is 4.39. The zero-order valence-corrected chi connectivity index (χ0v) is 7.36. The Balaban J connectivity index is 2.38. The second-order valence-electron chi connectivity index (χ2n) is 3.28. The highest BCUT2D eigenvalue weighted by Crippen LogP contribution is 2.24. The lowest BCUT2D eigenvalue weighted by Crippen LogP contribution is -1.93. The first-order chi connectivity index (χ1) is 6.84. The summed E-state index contributed by atoms with van der Waals surface area (Å²) in [7, 11) is 0. The fourth-order valence-electron chi connectivity index (χ4n) is 1.70. The number of hydrogen-bond acceptors (Lipinski definition) is 3. The largest absolute Gasteiger partial charge is 0.457 e. The normalized spacial score (nSPS) is 14.1. The highest BCUT2D eigenvalue weighted by atomic mass is 16.5. The van der Waals surface area contributed by atoms with E-state index in [0.29, 0.717) is 12.2 Å². The summed E-state index contributed by atoms with van der Waals surface area (Å²) in [4.78, 5) is 15.4. The number of nitrogens with zero attached hydrogens (tertiary/aromatic N) is 1. The number of aromatic nitrogens is 1. The number of esters is 1. The Morgan fingerprint density at radius 1 is 1.36 bits per heavy atom. The molecule has 0 bridgehead atoms. The van der Waals surface area contributed by atoms with Crippen molar-refractivity contribution in [3.8, 4) is 0 Å². The van der Waals surface area contributed by atoms with E-state index in [9.17, 15) is 4.79 Å². The van der Waals surface area contributed by atoms with Crippen LogP contribution in [0.1, 0.15) is 15.9 Å². The summed E-state index contributed by atoms with van der Waals surface area (Å²) in [6.07, 6.45) is 1.72. The number of pyridine rings is 1. The molecule has 1 aliphatic heterocycles. The lowest BCUT2D eigenvalue weighted by molar-refractivity contribution is 0.0535. The van der Waals surface area contributed by atoms with Crippen molar-refractivity contribution in [2.45, 2.75) is 6.61 Å². The molecule has 0 saturated heterocycles. The van der Waals surface area contributed by atoms with Gasteiger partial charge < -0.3 is 4.74 Å². The van der Waals surface area contributed by atoms with Crippen molar-refractivity contribution in [3.63, 3.8) is 0 Å². The molecule has 0 radical (unpaired) electrons. The highest BCUT2D eigenvalue weighted by molar-refractivity contribution is 5.97. The van der Waals surface area contributed by atoms with Crippen LogP contribution in [0.2, 0.25) is 0 Å². The van der Waals surface area contributed by atoms with Crippen LogP contribution in [0.3, 0.4) is 0 Å². The van der Waals surface area contributed by atoms with Gasteiger partial charge in [0.1, 0.15) is 6.61 Å². The van der Waals surface area contributed by atoms with E-state index in [1.165, 1.54) is 0 Å². The molecule has 2 aromatic rings. The van der Waals surface area contributed by atoms with Crippen molar-refractivity contribution < 1.29 is 9.53 Å². The standard InChI is InChI=1S/C11H7NO2/c13-11-9-5-10-7(2-1-3-12-10)4-8(9)6-14-11/h1-5H,6H2. The molecule has 14 heavy (non-hydrogen) atoms. The molecule has 1 aliphatic rings. The molecule has 1 aromatic carbocycles. The third-order valence-corrected chi connectivity index (χ3v) is 2.41. The summed E-state index contributed by atoms with van der Waals surface area (Å²) in [5, 5.41) is 1.05. The van der Waals surface area contributed by atoms with Gasteiger partial charge in [0.25, 0.3) is 0 Å². The summed E-state index contributed by atoms with van der Waals surface area (Å²) in [6, 6.07) is 7.61. The van der Waals surface area contributed by atoms with E-state index in [2.05, 4.69) is 4.98 Å². The molecule has 1 aromatic heterocycles. The molecular formula is C11H7NO2. The number of carbonyl (C=O) groups excluding carboxylic acids is 1. The average Bonchev–Trinajstić information content (AvgIpc) is 2.57. The minimum Gasteiger partial charge on any atom is -0.457 e. The number of benzene rings is 1. The van der Waals surface area contributed by atoms with Crippen LogP contribution in [0.15, 0.2) is 30.5 Å². The molecule has 0 saturated carbocycles. The van der Waals surface area contributed by atoms with Crippen LogP contribution in [0, 0.1) is 0 Å². The molecule has 2 heterocycles. The van der Waals surface area contributed by atoms with E-state index in [1.807, 2.05) is 18.2 Å². The van der Waals surface area contributed by atoms with Crippen LogP contribution in [0.5, 0.6) is 0 Å². The Labute approximate surface area is 80.3 Å².